The van der Waals surface area contributed by atoms with Crippen LogP contribution in [0.2, 0.25) is 5.02 Å². The van der Waals surface area contributed by atoms with Crippen molar-refractivity contribution in [2.24, 2.45) is 5.73 Å². The van der Waals surface area contributed by atoms with Crippen LogP contribution in [0, 0.1) is 5.82 Å². The Balaban J connectivity index is 1.33. The van der Waals surface area contributed by atoms with E-state index in [4.69, 9.17) is 17.3 Å². The van der Waals surface area contributed by atoms with Gasteiger partial charge in [0.15, 0.2) is 5.82 Å². The van der Waals surface area contributed by atoms with Gasteiger partial charge in [0.2, 0.25) is 5.82 Å². The average molecular weight is 454 g/mol. The standard InChI is InChI=1S/C24H25ClFN5O/c25-18-3-1-2-17(14-18)24(15-27)10-8-20(9-11-24)30-12-13-31-21(28-29-22(31)23(30)32)16-4-6-19(26)7-5-16/h1-7,14,20H,8-13,15,27H2/t20-,24-. The van der Waals surface area contributed by atoms with E-state index in [1.165, 1.54) is 17.7 Å². The SMILES string of the molecule is NC[C@]1(c2cccc(Cl)c2)CC[C@H](N2CCn3c(nnc3-c3ccc(F)cc3)C2=O)CC1. The van der Waals surface area contributed by atoms with Crippen LogP contribution in [0.5, 0.6) is 0 Å². The molecule has 1 aliphatic carbocycles. The molecule has 1 aromatic heterocycles. The summed E-state index contributed by atoms with van der Waals surface area (Å²) in [6.07, 6.45) is 3.58. The highest BCUT2D eigenvalue weighted by molar-refractivity contribution is 6.30. The maximum Gasteiger partial charge on any atom is 0.292 e. The van der Waals surface area contributed by atoms with E-state index in [0.717, 1.165) is 36.3 Å². The van der Waals surface area contributed by atoms with E-state index in [9.17, 15) is 9.18 Å². The van der Waals surface area contributed by atoms with Crippen LogP contribution in [0.1, 0.15) is 41.9 Å². The van der Waals surface area contributed by atoms with Crippen LogP contribution < -0.4 is 5.73 Å². The minimum Gasteiger partial charge on any atom is -0.331 e. The molecule has 0 atom stereocenters. The van der Waals surface area contributed by atoms with Crippen molar-refractivity contribution >= 4 is 17.5 Å². The Labute approximate surface area is 191 Å². The number of rotatable bonds is 4. The highest BCUT2D eigenvalue weighted by Crippen LogP contribution is 2.41. The molecule has 1 saturated carbocycles. The molecule has 2 heterocycles. The Morgan fingerprint density at radius 1 is 1.06 bits per heavy atom. The van der Waals surface area contributed by atoms with Crippen LogP contribution in [0.25, 0.3) is 11.4 Å². The van der Waals surface area contributed by atoms with Gasteiger partial charge in [0, 0.05) is 41.7 Å². The van der Waals surface area contributed by atoms with Crippen LogP contribution in [0.4, 0.5) is 4.39 Å². The number of halogens is 2. The second kappa shape index (κ2) is 8.30. The zero-order valence-corrected chi connectivity index (χ0v) is 18.4. The van der Waals surface area contributed by atoms with Gasteiger partial charge in [-0.25, -0.2) is 4.39 Å². The predicted molar refractivity (Wildman–Crippen MR) is 121 cm³/mol. The molecule has 32 heavy (non-hydrogen) atoms. The van der Waals surface area contributed by atoms with Gasteiger partial charge in [0.25, 0.3) is 5.91 Å². The van der Waals surface area contributed by atoms with Crippen molar-refractivity contribution in [2.45, 2.75) is 43.7 Å². The summed E-state index contributed by atoms with van der Waals surface area (Å²) < 4.78 is 15.1. The summed E-state index contributed by atoms with van der Waals surface area (Å²) in [5.41, 5.74) is 8.06. The third-order valence-electron chi connectivity index (χ3n) is 7.05. The third kappa shape index (κ3) is 3.59. The molecule has 6 nitrogen and oxygen atoms in total. The van der Waals surface area contributed by atoms with Gasteiger partial charge in [-0.3, -0.25) is 4.79 Å². The summed E-state index contributed by atoms with van der Waals surface area (Å²) in [5.74, 6) is 0.545. The van der Waals surface area contributed by atoms with Gasteiger partial charge in [-0.2, -0.15) is 0 Å². The van der Waals surface area contributed by atoms with E-state index in [2.05, 4.69) is 16.3 Å². The molecule has 0 saturated heterocycles. The van der Waals surface area contributed by atoms with Gasteiger partial charge in [-0.15, -0.1) is 10.2 Å². The minimum atomic E-state index is -0.307. The molecule has 1 fully saturated rings. The summed E-state index contributed by atoms with van der Waals surface area (Å²) in [6.45, 7) is 1.78. The molecular weight excluding hydrogens is 429 g/mol. The lowest BCUT2D eigenvalue weighted by molar-refractivity contribution is 0.0523. The van der Waals surface area contributed by atoms with Crippen molar-refractivity contribution in [3.8, 4) is 11.4 Å². The lowest BCUT2D eigenvalue weighted by Crippen LogP contribution is -2.50. The molecule has 0 bridgehead atoms. The van der Waals surface area contributed by atoms with Crippen molar-refractivity contribution in [2.75, 3.05) is 13.1 Å². The molecule has 2 aliphatic rings. The number of aromatic nitrogens is 3. The smallest absolute Gasteiger partial charge is 0.292 e. The Morgan fingerprint density at radius 3 is 2.47 bits per heavy atom. The van der Waals surface area contributed by atoms with Crippen LogP contribution >= 0.6 is 11.6 Å². The first-order chi connectivity index (χ1) is 15.5. The number of hydrogen-bond donors (Lipinski definition) is 1. The van der Waals surface area contributed by atoms with Crippen molar-refractivity contribution < 1.29 is 9.18 Å². The first-order valence-corrected chi connectivity index (χ1v) is 11.3. The average Bonchev–Trinajstić information content (AvgIpc) is 3.25. The lowest BCUT2D eigenvalue weighted by atomic mass is 9.68. The number of nitrogens with two attached hydrogens (primary N) is 1. The summed E-state index contributed by atoms with van der Waals surface area (Å²) in [7, 11) is 0. The van der Waals surface area contributed by atoms with E-state index >= 15 is 0 Å². The zero-order valence-electron chi connectivity index (χ0n) is 17.7. The Kier molecular flexibility index (Phi) is 5.47. The molecule has 1 aliphatic heterocycles. The van der Waals surface area contributed by atoms with E-state index in [0.29, 0.717) is 31.3 Å². The Morgan fingerprint density at radius 2 is 1.78 bits per heavy atom. The molecule has 0 unspecified atom stereocenters. The number of carbonyl (C=O) groups is 1. The fourth-order valence-corrected chi connectivity index (χ4v) is 5.36. The molecule has 1 amide bonds. The van der Waals surface area contributed by atoms with E-state index in [1.54, 1.807) is 12.1 Å². The molecule has 8 heteroatoms. The molecule has 0 radical (unpaired) electrons. The predicted octanol–water partition coefficient (Wildman–Crippen LogP) is 4.03. The summed E-state index contributed by atoms with van der Waals surface area (Å²) in [6, 6.07) is 14.2. The van der Waals surface area contributed by atoms with Crippen molar-refractivity contribution in [1.29, 1.82) is 0 Å². The quantitative estimate of drug-likeness (QED) is 0.647. The maximum absolute atomic E-state index is 13.3. The van der Waals surface area contributed by atoms with Crippen LogP contribution in [-0.2, 0) is 12.0 Å². The van der Waals surface area contributed by atoms with Crippen molar-refractivity contribution in [3.63, 3.8) is 0 Å². The number of amides is 1. The van der Waals surface area contributed by atoms with E-state index < -0.39 is 0 Å². The molecule has 2 N–H and O–H groups in total. The van der Waals surface area contributed by atoms with Gasteiger partial charge in [0.1, 0.15) is 5.82 Å². The van der Waals surface area contributed by atoms with Gasteiger partial charge in [-0.05, 0) is 67.6 Å². The largest absolute Gasteiger partial charge is 0.331 e. The summed E-state index contributed by atoms with van der Waals surface area (Å²) >= 11 is 6.23. The normalized spacial score (nSPS) is 23.3. The van der Waals surface area contributed by atoms with E-state index in [1.807, 2.05) is 27.7 Å². The maximum atomic E-state index is 13.3. The summed E-state index contributed by atoms with van der Waals surface area (Å²) in [5, 5.41) is 9.13. The van der Waals surface area contributed by atoms with Crippen molar-refractivity contribution in [3.05, 3.63) is 70.8 Å². The topological polar surface area (TPSA) is 77.0 Å². The lowest BCUT2D eigenvalue weighted by Gasteiger charge is -2.44. The molecule has 166 valence electrons. The van der Waals surface area contributed by atoms with Crippen LogP contribution in [0.15, 0.2) is 48.5 Å². The number of benzene rings is 2. The van der Waals surface area contributed by atoms with Crippen LogP contribution in [0.3, 0.4) is 0 Å². The number of fused-ring (bicyclic) bond motifs is 1. The number of carbonyl (C=O) groups excluding carboxylic acids is 1. The monoisotopic (exact) mass is 453 g/mol. The Bertz CT molecular complexity index is 1140. The van der Waals surface area contributed by atoms with E-state index in [-0.39, 0.29) is 23.2 Å². The van der Waals surface area contributed by atoms with Gasteiger partial charge >= 0.3 is 0 Å². The van der Waals surface area contributed by atoms with Crippen molar-refractivity contribution in [1.82, 2.24) is 19.7 Å². The number of nitrogens with zero attached hydrogens (tertiary/aromatic N) is 4. The second-order valence-electron chi connectivity index (χ2n) is 8.73. The van der Waals surface area contributed by atoms with Gasteiger partial charge < -0.3 is 15.2 Å². The van der Waals surface area contributed by atoms with Crippen LogP contribution in [-0.4, -0.2) is 44.7 Å². The second-order valence-corrected chi connectivity index (χ2v) is 9.17. The molecular formula is C24H25ClFN5O. The zero-order chi connectivity index (χ0) is 22.3. The summed E-state index contributed by atoms with van der Waals surface area (Å²) in [4.78, 5) is 15.2. The highest BCUT2D eigenvalue weighted by atomic mass is 35.5. The van der Waals surface area contributed by atoms with Gasteiger partial charge in [0.05, 0.1) is 0 Å². The first kappa shape index (κ1) is 21.1. The molecule has 3 aromatic rings. The fraction of sp³-hybridized carbons (Fsp3) is 0.375. The highest BCUT2D eigenvalue weighted by Gasteiger charge is 2.40. The first-order valence-electron chi connectivity index (χ1n) is 11.0. The number of hydrogen-bond acceptors (Lipinski definition) is 4. The van der Waals surface area contributed by atoms with Gasteiger partial charge in [-0.1, -0.05) is 23.7 Å². The molecule has 0 spiro atoms. The fourth-order valence-electron chi connectivity index (χ4n) is 5.17. The Hall–Kier alpha value is -2.77. The molecule has 2 aromatic carbocycles. The minimum absolute atomic E-state index is 0.0925. The third-order valence-corrected chi connectivity index (χ3v) is 7.29. The molecule has 5 rings (SSSR count).